The number of carboxylic acid groups (broad SMARTS) is 1. The van der Waals surface area contributed by atoms with Crippen molar-refractivity contribution in [2.45, 2.75) is 52.5 Å². The minimum atomic E-state index is -1.03. The molecule has 0 spiro atoms. The summed E-state index contributed by atoms with van der Waals surface area (Å²) in [5, 5.41) is 12.2. The fourth-order valence-electron chi connectivity index (χ4n) is 3.08. The van der Waals surface area contributed by atoms with E-state index in [9.17, 15) is 9.90 Å². The fourth-order valence-corrected chi connectivity index (χ4v) is 3.08. The van der Waals surface area contributed by atoms with E-state index < -0.39 is 11.6 Å². The molecule has 24 heavy (non-hydrogen) atoms. The van der Waals surface area contributed by atoms with Gasteiger partial charge in [-0.15, -0.1) is 0 Å². The van der Waals surface area contributed by atoms with Gasteiger partial charge in [0.2, 0.25) is 0 Å². The van der Waals surface area contributed by atoms with Gasteiger partial charge in [-0.2, -0.15) is 0 Å². The number of nitrogens with one attached hydrogen (secondary N) is 2. The van der Waals surface area contributed by atoms with Gasteiger partial charge in [0, 0.05) is 0 Å². The first-order chi connectivity index (χ1) is 11.3. The molecule has 0 radical (unpaired) electrons. The molecule has 0 aliphatic heterocycles. The first-order valence-electron chi connectivity index (χ1n) is 8.42. The number of aromatic amines is 1. The van der Waals surface area contributed by atoms with Crippen molar-refractivity contribution in [1.29, 1.82) is 0 Å². The highest BCUT2D eigenvalue weighted by atomic mass is 16.4. The van der Waals surface area contributed by atoms with Crippen LogP contribution in [0.25, 0.3) is 11.3 Å². The Labute approximate surface area is 143 Å². The molecule has 2 rings (SSSR count). The van der Waals surface area contributed by atoms with E-state index in [1.807, 2.05) is 51.1 Å². The average Bonchev–Trinajstić information content (AvgIpc) is 3.01. The van der Waals surface area contributed by atoms with Crippen LogP contribution in [0.15, 0.2) is 36.5 Å². The Morgan fingerprint density at radius 1 is 1.25 bits per heavy atom. The van der Waals surface area contributed by atoms with Gasteiger partial charge in [0.05, 0.1) is 11.9 Å². The lowest BCUT2D eigenvalue weighted by Gasteiger charge is -2.43. The summed E-state index contributed by atoms with van der Waals surface area (Å²) in [6, 6.07) is 9.92. The lowest BCUT2D eigenvalue weighted by Crippen LogP contribution is -2.54. The highest BCUT2D eigenvalue weighted by molar-refractivity contribution is 5.66. The summed E-state index contributed by atoms with van der Waals surface area (Å²) in [4.78, 5) is 19.4. The summed E-state index contributed by atoms with van der Waals surface area (Å²) >= 11 is 0. The normalized spacial score (nSPS) is 14.2. The molecule has 1 aromatic heterocycles. The van der Waals surface area contributed by atoms with Crippen molar-refractivity contribution in [1.82, 2.24) is 15.3 Å². The van der Waals surface area contributed by atoms with Gasteiger partial charge >= 0.3 is 6.09 Å². The Morgan fingerprint density at radius 3 is 2.46 bits per heavy atom. The number of hydrogen-bond donors (Lipinski definition) is 3. The Kier molecular flexibility index (Phi) is 5.32. The third-order valence-electron chi connectivity index (χ3n) is 4.57. The van der Waals surface area contributed by atoms with Gasteiger partial charge in [-0.1, -0.05) is 70.9 Å². The van der Waals surface area contributed by atoms with Crippen LogP contribution in [0.2, 0.25) is 0 Å². The van der Waals surface area contributed by atoms with Crippen LogP contribution < -0.4 is 5.32 Å². The second-order valence-electron chi connectivity index (χ2n) is 7.20. The smallest absolute Gasteiger partial charge is 0.405 e. The molecule has 130 valence electrons. The molecule has 0 aliphatic rings. The van der Waals surface area contributed by atoms with E-state index in [1.165, 1.54) is 0 Å². The zero-order chi connectivity index (χ0) is 17.8. The monoisotopic (exact) mass is 329 g/mol. The number of nitrogens with zero attached hydrogens (tertiary/aromatic N) is 1. The largest absolute Gasteiger partial charge is 0.465 e. The van der Waals surface area contributed by atoms with Crippen LogP contribution in [-0.4, -0.2) is 21.2 Å². The van der Waals surface area contributed by atoms with E-state index in [0.717, 1.165) is 24.1 Å². The molecule has 0 saturated heterocycles. The summed E-state index contributed by atoms with van der Waals surface area (Å²) in [6.45, 7) is 8.24. The quantitative estimate of drug-likeness (QED) is 0.714. The lowest BCUT2D eigenvalue weighted by molar-refractivity contribution is 0.0999. The van der Waals surface area contributed by atoms with Crippen molar-refractivity contribution in [3.8, 4) is 11.3 Å². The van der Waals surface area contributed by atoms with Gasteiger partial charge in [0.15, 0.2) is 0 Å². The van der Waals surface area contributed by atoms with Crippen LogP contribution in [0.3, 0.4) is 0 Å². The summed E-state index contributed by atoms with van der Waals surface area (Å²) in [5.41, 5.74) is 0.835. The molecule has 1 aromatic carbocycles. The second kappa shape index (κ2) is 7.07. The van der Waals surface area contributed by atoms with E-state index in [-0.39, 0.29) is 5.41 Å². The van der Waals surface area contributed by atoms with Crippen molar-refractivity contribution < 1.29 is 9.90 Å². The minimum Gasteiger partial charge on any atom is -0.465 e. The number of unbranched alkanes of at least 4 members (excludes halogenated alkanes) is 1. The molecular weight excluding hydrogens is 302 g/mol. The van der Waals surface area contributed by atoms with Crippen LogP contribution in [0.1, 0.15) is 52.8 Å². The number of rotatable bonds is 6. The Balaban J connectivity index is 2.50. The molecule has 0 saturated carbocycles. The molecule has 0 fully saturated rings. The van der Waals surface area contributed by atoms with Gasteiger partial charge in [0.25, 0.3) is 0 Å². The summed E-state index contributed by atoms with van der Waals surface area (Å²) in [5.74, 6) is 0.671. The summed E-state index contributed by atoms with van der Waals surface area (Å²) in [7, 11) is 0. The molecular formula is C19H27N3O2. The number of imidazole rings is 1. The van der Waals surface area contributed by atoms with Crippen LogP contribution in [-0.2, 0) is 5.54 Å². The van der Waals surface area contributed by atoms with Gasteiger partial charge in [-0.3, -0.25) is 0 Å². The standard InChI is InChI=1S/C19H27N3O2/c1-5-6-12-19(18(2,3)4,22-17(23)24)16-20-13-15(21-16)14-10-8-7-9-11-14/h7-11,13,22H,5-6,12H2,1-4H3,(H,20,21)(H,23,24). The molecule has 3 N–H and O–H groups in total. The summed E-state index contributed by atoms with van der Waals surface area (Å²) < 4.78 is 0. The fraction of sp³-hybridized carbons (Fsp3) is 0.474. The number of benzene rings is 1. The highest BCUT2D eigenvalue weighted by Gasteiger charge is 2.46. The number of hydrogen-bond acceptors (Lipinski definition) is 2. The Morgan fingerprint density at radius 2 is 1.92 bits per heavy atom. The van der Waals surface area contributed by atoms with E-state index in [4.69, 9.17) is 0 Å². The lowest BCUT2D eigenvalue weighted by atomic mass is 9.70. The maximum absolute atomic E-state index is 11.5. The second-order valence-corrected chi connectivity index (χ2v) is 7.20. The summed E-state index contributed by atoms with van der Waals surface area (Å²) in [6.07, 6.45) is 3.35. The predicted octanol–water partition coefficient (Wildman–Crippen LogP) is 4.78. The van der Waals surface area contributed by atoms with Gasteiger partial charge in [0.1, 0.15) is 11.4 Å². The first-order valence-corrected chi connectivity index (χ1v) is 8.42. The Hall–Kier alpha value is -2.30. The van der Waals surface area contributed by atoms with Crippen LogP contribution in [0.5, 0.6) is 0 Å². The van der Waals surface area contributed by atoms with E-state index in [0.29, 0.717) is 12.2 Å². The minimum absolute atomic E-state index is 0.327. The number of H-pyrrole nitrogens is 1. The van der Waals surface area contributed by atoms with Gasteiger partial charge in [-0.25, -0.2) is 9.78 Å². The van der Waals surface area contributed by atoms with Crippen molar-refractivity contribution in [3.63, 3.8) is 0 Å². The number of aromatic nitrogens is 2. The third kappa shape index (κ3) is 3.61. The molecule has 5 nitrogen and oxygen atoms in total. The Bertz CT molecular complexity index is 673. The van der Waals surface area contributed by atoms with Gasteiger partial charge in [-0.05, 0) is 17.4 Å². The van der Waals surface area contributed by atoms with Crippen LogP contribution in [0, 0.1) is 5.41 Å². The van der Waals surface area contributed by atoms with E-state index >= 15 is 0 Å². The molecule has 0 bridgehead atoms. The van der Waals surface area contributed by atoms with Crippen LogP contribution in [0.4, 0.5) is 4.79 Å². The van der Waals surface area contributed by atoms with E-state index in [2.05, 4.69) is 22.2 Å². The van der Waals surface area contributed by atoms with Gasteiger partial charge < -0.3 is 15.4 Å². The van der Waals surface area contributed by atoms with Crippen LogP contribution >= 0.6 is 0 Å². The number of amides is 1. The zero-order valence-electron chi connectivity index (χ0n) is 14.9. The molecule has 2 aromatic rings. The van der Waals surface area contributed by atoms with E-state index in [1.54, 1.807) is 6.20 Å². The molecule has 1 unspecified atom stereocenters. The van der Waals surface area contributed by atoms with Crippen molar-refractivity contribution in [2.24, 2.45) is 5.41 Å². The molecule has 1 heterocycles. The van der Waals surface area contributed by atoms with Crippen molar-refractivity contribution >= 4 is 6.09 Å². The molecule has 1 amide bonds. The third-order valence-corrected chi connectivity index (χ3v) is 4.57. The van der Waals surface area contributed by atoms with Crippen molar-refractivity contribution in [2.75, 3.05) is 0 Å². The highest BCUT2D eigenvalue weighted by Crippen LogP contribution is 2.42. The molecule has 0 aliphatic carbocycles. The first kappa shape index (κ1) is 18.0. The maximum atomic E-state index is 11.5. The maximum Gasteiger partial charge on any atom is 0.405 e. The molecule has 5 heteroatoms. The zero-order valence-corrected chi connectivity index (χ0v) is 14.9. The topological polar surface area (TPSA) is 78.0 Å². The predicted molar refractivity (Wildman–Crippen MR) is 95.8 cm³/mol. The number of carbonyl (C=O) groups is 1. The van der Waals surface area contributed by atoms with Crippen molar-refractivity contribution in [3.05, 3.63) is 42.4 Å². The molecule has 1 atom stereocenters. The average molecular weight is 329 g/mol. The SMILES string of the molecule is CCCCC(NC(=O)O)(c1ncc(-c2ccccc2)[nH]1)C(C)(C)C.